The van der Waals surface area contributed by atoms with Crippen LogP contribution in [0.2, 0.25) is 10.0 Å². The number of hydrogen-bond acceptors (Lipinski definition) is 3. The van der Waals surface area contributed by atoms with Crippen LogP contribution in [0.25, 0.3) is 0 Å². The second kappa shape index (κ2) is 8.13. The Morgan fingerprint density at radius 3 is 2.12 bits per heavy atom. The second-order valence-corrected chi connectivity index (χ2v) is 6.38. The third kappa shape index (κ3) is 4.69. The highest BCUT2D eigenvalue weighted by Crippen LogP contribution is 2.30. The van der Waals surface area contributed by atoms with E-state index in [0.29, 0.717) is 28.2 Å². The van der Waals surface area contributed by atoms with Crippen LogP contribution in [-0.2, 0) is 0 Å². The van der Waals surface area contributed by atoms with Crippen LogP contribution in [-0.4, -0.2) is 23.3 Å². The highest BCUT2D eigenvalue weighted by atomic mass is 35.5. The Bertz CT molecular complexity index is 743. The monoisotopic (exact) mass is 365 g/mol. The molecule has 2 N–H and O–H groups in total. The maximum Gasteiger partial charge on any atom is 0.274 e. The van der Waals surface area contributed by atoms with Crippen molar-refractivity contribution in [2.24, 2.45) is 5.92 Å². The third-order valence-corrected chi connectivity index (χ3v) is 3.72. The first kappa shape index (κ1) is 18.2. The molecule has 0 aliphatic carbocycles. The molecule has 0 aliphatic rings. The molecule has 1 aromatic carbocycles. The number of halogens is 2. The van der Waals surface area contributed by atoms with Crippen molar-refractivity contribution in [3.8, 4) is 0 Å². The molecule has 1 heterocycles. The van der Waals surface area contributed by atoms with E-state index < -0.39 is 5.91 Å². The first-order valence-corrected chi connectivity index (χ1v) is 8.14. The Morgan fingerprint density at radius 2 is 1.54 bits per heavy atom. The molecule has 0 radical (unpaired) electrons. The number of carbonyl (C=O) groups is 2. The molecule has 0 saturated heterocycles. The fourth-order valence-corrected chi connectivity index (χ4v) is 2.36. The molecule has 0 bridgehead atoms. The minimum Gasteiger partial charge on any atom is -0.350 e. The summed E-state index contributed by atoms with van der Waals surface area (Å²) in [6, 6.07) is 9.57. The van der Waals surface area contributed by atoms with E-state index in [1.807, 2.05) is 13.8 Å². The van der Waals surface area contributed by atoms with E-state index in [9.17, 15) is 9.59 Å². The average Bonchev–Trinajstić information content (AvgIpc) is 2.56. The summed E-state index contributed by atoms with van der Waals surface area (Å²) in [7, 11) is 0. The molecule has 2 amide bonds. The minimum atomic E-state index is -0.497. The SMILES string of the molecule is CC(C)CNC(=O)c1cccc(C(=O)Nc2c(Cl)cccc2Cl)n1. The summed E-state index contributed by atoms with van der Waals surface area (Å²) < 4.78 is 0. The number of amides is 2. The molecule has 0 saturated carbocycles. The van der Waals surface area contributed by atoms with Crippen molar-refractivity contribution in [3.05, 3.63) is 57.8 Å². The Balaban J connectivity index is 2.16. The van der Waals surface area contributed by atoms with Gasteiger partial charge in [-0.15, -0.1) is 0 Å². The van der Waals surface area contributed by atoms with Gasteiger partial charge >= 0.3 is 0 Å². The van der Waals surface area contributed by atoms with Gasteiger partial charge < -0.3 is 10.6 Å². The third-order valence-electron chi connectivity index (χ3n) is 3.09. The lowest BCUT2D eigenvalue weighted by Crippen LogP contribution is -2.28. The van der Waals surface area contributed by atoms with Gasteiger partial charge in [0.1, 0.15) is 11.4 Å². The number of carbonyl (C=O) groups excluding carboxylic acids is 2. The van der Waals surface area contributed by atoms with E-state index >= 15 is 0 Å². The van der Waals surface area contributed by atoms with Gasteiger partial charge in [-0.1, -0.05) is 49.2 Å². The largest absolute Gasteiger partial charge is 0.350 e. The van der Waals surface area contributed by atoms with E-state index in [-0.39, 0.29) is 17.3 Å². The van der Waals surface area contributed by atoms with Crippen LogP contribution < -0.4 is 10.6 Å². The van der Waals surface area contributed by atoms with Crippen molar-refractivity contribution in [2.75, 3.05) is 11.9 Å². The molecular weight excluding hydrogens is 349 g/mol. The number of benzene rings is 1. The van der Waals surface area contributed by atoms with E-state index in [1.54, 1.807) is 30.3 Å². The lowest BCUT2D eigenvalue weighted by molar-refractivity contribution is 0.0944. The molecule has 24 heavy (non-hydrogen) atoms. The van der Waals surface area contributed by atoms with Crippen LogP contribution >= 0.6 is 23.2 Å². The van der Waals surface area contributed by atoms with Gasteiger partial charge in [-0.25, -0.2) is 4.98 Å². The Hall–Kier alpha value is -2.11. The molecule has 126 valence electrons. The highest BCUT2D eigenvalue weighted by molar-refractivity contribution is 6.40. The van der Waals surface area contributed by atoms with Gasteiger partial charge in [0.2, 0.25) is 0 Å². The molecule has 0 unspecified atom stereocenters. The number of para-hydroxylation sites is 1. The van der Waals surface area contributed by atoms with E-state index in [1.165, 1.54) is 6.07 Å². The maximum atomic E-state index is 12.3. The van der Waals surface area contributed by atoms with Gasteiger partial charge in [-0.3, -0.25) is 9.59 Å². The topological polar surface area (TPSA) is 71.1 Å². The average molecular weight is 366 g/mol. The summed E-state index contributed by atoms with van der Waals surface area (Å²) in [5.41, 5.74) is 0.582. The normalized spacial score (nSPS) is 10.5. The zero-order chi connectivity index (χ0) is 17.7. The molecule has 2 aromatic rings. The number of nitrogens with one attached hydrogen (secondary N) is 2. The van der Waals surface area contributed by atoms with Crippen molar-refractivity contribution in [3.63, 3.8) is 0 Å². The molecule has 0 fully saturated rings. The molecule has 7 heteroatoms. The minimum absolute atomic E-state index is 0.100. The summed E-state index contributed by atoms with van der Waals surface area (Å²) in [6.45, 7) is 4.52. The van der Waals surface area contributed by atoms with Crippen LogP contribution in [0.3, 0.4) is 0 Å². The number of nitrogens with zero attached hydrogens (tertiary/aromatic N) is 1. The van der Waals surface area contributed by atoms with Gasteiger partial charge in [-0.05, 0) is 30.2 Å². The maximum absolute atomic E-state index is 12.3. The Labute approximate surface area is 150 Å². The van der Waals surface area contributed by atoms with Crippen LogP contribution in [0.4, 0.5) is 5.69 Å². The smallest absolute Gasteiger partial charge is 0.274 e. The van der Waals surface area contributed by atoms with Gasteiger partial charge in [-0.2, -0.15) is 0 Å². The van der Waals surface area contributed by atoms with E-state index in [2.05, 4.69) is 15.6 Å². The van der Waals surface area contributed by atoms with Crippen molar-refractivity contribution in [2.45, 2.75) is 13.8 Å². The molecule has 0 aliphatic heterocycles. The fraction of sp³-hybridized carbons (Fsp3) is 0.235. The van der Waals surface area contributed by atoms with Gasteiger partial charge in [0.15, 0.2) is 0 Å². The highest BCUT2D eigenvalue weighted by Gasteiger charge is 2.15. The molecular formula is C17H17Cl2N3O2. The van der Waals surface area contributed by atoms with E-state index in [4.69, 9.17) is 23.2 Å². The standard InChI is InChI=1S/C17H17Cl2N3O2/c1-10(2)9-20-16(23)13-7-4-8-14(21-13)17(24)22-15-11(18)5-3-6-12(15)19/h3-8,10H,9H2,1-2H3,(H,20,23)(H,22,24). The fourth-order valence-electron chi connectivity index (χ4n) is 1.87. The molecule has 2 rings (SSSR count). The number of pyridine rings is 1. The van der Waals surface area contributed by atoms with Crippen LogP contribution in [0.15, 0.2) is 36.4 Å². The zero-order valence-corrected chi connectivity index (χ0v) is 14.8. The molecule has 0 atom stereocenters. The van der Waals surface area contributed by atoms with E-state index in [0.717, 1.165) is 0 Å². The van der Waals surface area contributed by atoms with Crippen molar-refractivity contribution >= 4 is 40.7 Å². The molecule has 1 aromatic heterocycles. The number of aromatic nitrogens is 1. The van der Waals surface area contributed by atoms with Gasteiger partial charge in [0.25, 0.3) is 11.8 Å². The summed E-state index contributed by atoms with van der Waals surface area (Å²) in [6.07, 6.45) is 0. The Kier molecular flexibility index (Phi) is 6.17. The van der Waals surface area contributed by atoms with Crippen molar-refractivity contribution < 1.29 is 9.59 Å². The number of anilines is 1. The van der Waals surface area contributed by atoms with Crippen molar-refractivity contribution in [1.82, 2.24) is 10.3 Å². The lowest BCUT2D eigenvalue weighted by Gasteiger charge is -2.10. The predicted molar refractivity (Wildman–Crippen MR) is 95.8 cm³/mol. The second-order valence-electron chi connectivity index (χ2n) is 5.56. The molecule has 0 spiro atoms. The Morgan fingerprint density at radius 1 is 1.00 bits per heavy atom. The lowest BCUT2D eigenvalue weighted by atomic mass is 10.2. The molecule has 5 nitrogen and oxygen atoms in total. The number of rotatable bonds is 5. The predicted octanol–water partition coefficient (Wildman–Crippen LogP) is 4.03. The summed E-state index contributed by atoms with van der Waals surface area (Å²) in [5.74, 6) is -0.500. The quantitative estimate of drug-likeness (QED) is 0.840. The summed E-state index contributed by atoms with van der Waals surface area (Å²) in [5, 5.41) is 6.01. The van der Waals surface area contributed by atoms with Gasteiger partial charge in [0, 0.05) is 6.54 Å². The van der Waals surface area contributed by atoms with Crippen LogP contribution in [0.5, 0.6) is 0 Å². The van der Waals surface area contributed by atoms with Gasteiger partial charge in [0.05, 0.1) is 15.7 Å². The first-order chi connectivity index (χ1) is 11.4. The zero-order valence-electron chi connectivity index (χ0n) is 13.3. The van der Waals surface area contributed by atoms with Crippen LogP contribution in [0.1, 0.15) is 34.8 Å². The first-order valence-electron chi connectivity index (χ1n) is 7.39. The summed E-state index contributed by atoms with van der Waals surface area (Å²) in [4.78, 5) is 28.5. The van der Waals surface area contributed by atoms with Crippen LogP contribution in [0, 0.1) is 5.92 Å². The number of hydrogen-bond donors (Lipinski definition) is 2. The summed E-state index contributed by atoms with van der Waals surface area (Å²) >= 11 is 12.1. The van der Waals surface area contributed by atoms with Crippen molar-refractivity contribution in [1.29, 1.82) is 0 Å².